The first-order chi connectivity index (χ1) is 7.36. The second-order valence-corrected chi connectivity index (χ2v) is 4.84. The lowest BCUT2D eigenvalue weighted by molar-refractivity contribution is 0.106. The molecule has 0 amide bonds. The maximum atomic E-state index is 6.04. The smallest absolute Gasteiger partial charge is 0.0990 e. The maximum absolute atomic E-state index is 6.04. The summed E-state index contributed by atoms with van der Waals surface area (Å²) < 4.78 is 7.01. The number of thiophene rings is 1. The predicted octanol–water partition coefficient (Wildman–Crippen LogP) is 2.69. The Bertz CT molecular complexity index is 479. The van der Waals surface area contributed by atoms with Gasteiger partial charge in [0.1, 0.15) is 0 Å². The van der Waals surface area contributed by atoms with Crippen molar-refractivity contribution in [3.05, 3.63) is 35.2 Å². The minimum absolute atomic E-state index is 0.0983. The molecule has 0 radical (unpaired) electrons. The van der Waals surface area contributed by atoms with Gasteiger partial charge in [-0.2, -0.15) is 0 Å². The van der Waals surface area contributed by atoms with E-state index >= 15 is 0 Å². The Kier molecular flexibility index (Phi) is 2.24. The van der Waals surface area contributed by atoms with Gasteiger partial charge in [0, 0.05) is 22.9 Å². The second kappa shape index (κ2) is 3.59. The van der Waals surface area contributed by atoms with Crippen LogP contribution < -0.4 is 5.73 Å². The minimum Gasteiger partial charge on any atom is -0.372 e. The van der Waals surface area contributed by atoms with Gasteiger partial charge >= 0.3 is 0 Å². The fourth-order valence-electron chi connectivity index (χ4n) is 2.15. The van der Waals surface area contributed by atoms with Gasteiger partial charge in [-0.25, -0.2) is 0 Å². The Labute approximate surface area is 92.7 Å². The number of fused-ring (bicyclic) bond motifs is 1. The van der Waals surface area contributed by atoms with E-state index in [1.54, 1.807) is 11.3 Å². The normalized spacial score (nSPS) is 26.2. The molecule has 1 aromatic heterocycles. The molecule has 78 valence electrons. The standard InChI is InChI=1S/C12H13NOS/c13-10-5-6-14-12(10)9-7-15-11-4-2-1-3-8(9)11/h1-4,7,10,12H,5-6,13H2. The highest BCUT2D eigenvalue weighted by Crippen LogP contribution is 2.36. The topological polar surface area (TPSA) is 35.2 Å². The zero-order chi connectivity index (χ0) is 10.3. The molecular formula is C12H13NOS. The van der Waals surface area contributed by atoms with Crippen molar-refractivity contribution in [3.8, 4) is 0 Å². The van der Waals surface area contributed by atoms with E-state index in [0.29, 0.717) is 0 Å². The lowest BCUT2D eigenvalue weighted by Crippen LogP contribution is -2.23. The average molecular weight is 219 g/mol. The molecule has 1 aliphatic rings. The van der Waals surface area contributed by atoms with Crippen LogP contribution in [0, 0.1) is 0 Å². The number of nitrogens with two attached hydrogens (primary N) is 1. The molecule has 0 spiro atoms. The van der Waals surface area contributed by atoms with Crippen LogP contribution in [0.5, 0.6) is 0 Å². The van der Waals surface area contributed by atoms with E-state index in [9.17, 15) is 0 Å². The molecule has 15 heavy (non-hydrogen) atoms. The van der Waals surface area contributed by atoms with Gasteiger partial charge in [0.2, 0.25) is 0 Å². The van der Waals surface area contributed by atoms with Gasteiger partial charge < -0.3 is 10.5 Å². The summed E-state index contributed by atoms with van der Waals surface area (Å²) in [6.07, 6.45) is 1.07. The minimum atomic E-state index is 0.0983. The Morgan fingerprint density at radius 2 is 2.20 bits per heavy atom. The monoisotopic (exact) mass is 219 g/mol. The van der Waals surface area contributed by atoms with E-state index in [1.807, 2.05) is 0 Å². The first-order valence-corrected chi connectivity index (χ1v) is 6.07. The Morgan fingerprint density at radius 1 is 1.33 bits per heavy atom. The summed E-state index contributed by atoms with van der Waals surface area (Å²) in [4.78, 5) is 0. The molecule has 2 aromatic rings. The number of hydrogen-bond donors (Lipinski definition) is 1. The summed E-state index contributed by atoms with van der Waals surface area (Å²) in [5.74, 6) is 0. The summed E-state index contributed by atoms with van der Waals surface area (Å²) in [6.45, 7) is 0.788. The average Bonchev–Trinajstić information content (AvgIpc) is 2.83. The van der Waals surface area contributed by atoms with Crippen molar-refractivity contribution in [3.63, 3.8) is 0 Å². The van der Waals surface area contributed by atoms with Crippen LogP contribution in [0.15, 0.2) is 29.6 Å². The Hall–Kier alpha value is -0.900. The van der Waals surface area contributed by atoms with Gasteiger partial charge in [-0.15, -0.1) is 11.3 Å². The van der Waals surface area contributed by atoms with Crippen LogP contribution in [0.2, 0.25) is 0 Å². The maximum Gasteiger partial charge on any atom is 0.0990 e. The van der Waals surface area contributed by atoms with Crippen LogP contribution in [0.4, 0.5) is 0 Å². The highest BCUT2D eigenvalue weighted by atomic mass is 32.1. The van der Waals surface area contributed by atoms with E-state index in [0.717, 1.165) is 13.0 Å². The zero-order valence-electron chi connectivity index (χ0n) is 8.35. The van der Waals surface area contributed by atoms with Crippen LogP contribution >= 0.6 is 11.3 Å². The molecule has 1 saturated heterocycles. The largest absolute Gasteiger partial charge is 0.372 e. The molecule has 0 saturated carbocycles. The third kappa shape index (κ3) is 1.47. The van der Waals surface area contributed by atoms with E-state index in [4.69, 9.17) is 10.5 Å². The van der Waals surface area contributed by atoms with Crippen LogP contribution in [0.1, 0.15) is 18.1 Å². The van der Waals surface area contributed by atoms with Crippen molar-refractivity contribution in [2.75, 3.05) is 6.61 Å². The number of rotatable bonds is 1. The van der Waals surface area contributed by atoms with E-state index < -0.39 is 0 Å². The van der Waals surface area contributed by atoms with Crippen molar-refractivity contribution in [1.29, 1.82) is 0 Å². The lowest BCUT2D eigenvalue weighted by Gasteiger charge is -2.13. The fourth-order valence-corrected chi connectivity index (χ4v) is 3.13. The highest BCUT2D eigenvalue weighted by Gasteiger charge is 2.28. The lowest BCUT2D eigenvalue weighted by atomic mass is 10.0. The Balaban J connectivity index is 2.10. The van der Waals surface area contributed by atoms with Crippen LogP contribution in [0.3, 0.4) is 0 Å². The van der Waals surface area contributed by atoms with Gasteiger partial charge in [-0.05, 0) is 23.3 Å². The molecule has 1 fully saturated rings. The molecule has 2 unspecified atom stereocenters. The third-order valence-electron chi connectivity index (χ3n) is 2.95. The van der Waals surface area contributed by atoms with Crippen molar-refractivity contribution >= 4 is 21.4 Å². The molecule has 1 aliphatic heterocycles. The summed E-state index contributed by atoms with van der Waals surface area (Å²) >= 11 is 1.77. The number of ether oxygens (including phenoxy) is 1. The molecular weight excluding hydrogens is 206 g/mol. The van der Waals surface area contributed by atoms with E-state index in [2.05, 4.69) is 29.6 Å². The fraction of sp³-hybridized carbons (Fsp3) is 0.333. The van der Waals surface area contributed by atoms with Crippen molar-refractivity contribution in [2.45, 2.75) is 18.6 Å². The van der Waals surface area contributed by atoms with Crippen LogP contribution in [-0.4, -0.2) is 12.6 Å². The van der Waals surface area contributed by atoms with Gasteiger partial charge in [0.25, 0.3) is 0 Å². The molecule has 2 heterocycles. The summed E-state index contributed by atoms with van der Waals surface area (Å²) in [7, 11) is 0. The quantitative estimate of drug-likeness (QED) is 0.800. The highest BCUT2D eigenvalue weighted by molar-refractivity contribution is 7.17. The number of hydrogen-bond acceptors (Lipinski definition) is 3. The molecule has 3 heteroatoms. The van der Waals surface area contributed by atoms with E-state index in [1.165, 1.54) is 15.6 Å². The Morgan fingerprint density at radius 3 is 3.00 bits per heavy atom. The van der Waals surface area contributed by atoms with Crippen molar-refractivity contribution < 1.29 is 4.74 Å². The van der Waals surface area contributed by atoms with Gasteiger partial charge in [-0.3, -0.25) is 0 Å². The summed E-state index contributed by atoms with van der Waals surface area (Å²) in [5.41, 5.74) is 7.31. The molecule has 2 nitrogen and oxygen atoms in total. The van der Waals surface area contributed by atoms with Gasteiger partial charge in [-0.1, -0.05) is 18.2 Å². The molecule has 0 aliphatic carbocycles. The third-order valence-corrected chi connectivity index (χ3v) is 3.94. The first-order valence-electron chi connectivity index (χ1n) is 5.19. The van der Waals surface area contributed by atoms with Crippen molar-refractivity contribution in [1.82, 2.24) is 0 Å². The molecule has 2 atom stereocenters. The van der Waals surface area contributed by atoms with Crippen LogP contribution in [0.25, 0.3) is 10.1 Å². The summed E-state index contributed by atoms with van der Waals surface area (Å²) in [5, 5.41) is 3.48. The van der Waals surface area contributed by atoms with Gasteiger partial charge in [0.15, 0.2) is 0 Å². The molecule has 3 rings (SSSR count). The van der Waals surface area contributed by atoms with Crippen LogP contribution in [-0.2, 0) is 4.74 Å². The SMILES string of the molecule is NC1CCOC1c1csc2ccccc12. The second-order valence-electron chi connectivity index (χ2n) is 3.93. The zero-order valence-corrected chi connectivity index (χ0v) is 9.17. The molecule has 2 N–H and O–H groups in total. The number of benzene rings is 1. The summed E-state index contributed by atoms with van der Waals surface area (Å²) in [6, 6.07) is 8.58. The first kappa shape index (κ1) is 9.33. The van der Waals surface area contributed by atoms with Gasteiger partial charge in [0.05, 0.1) is 6.10 Å². The van der Waals surface area contributed by atoms with E-state index in [-0.39, 0.29) is 12.1 Å². The predicted molar refractivity (Wildman–Crippen MR) is 63.1 cm³/mol. The molecule has 0 bridgehead atoms. The molecule has 1 aromatic carbocycles. The van der Waals surface area contributed by atoms with Crippen molar-refractivity contribution in [2.24, 2.45) is 5.73 Å².